The molecule has 0 amide bonds. The normalized spacial score (nSPS) is 10.4. The van der Waals surface area contributed by atoms with E-state index in [-0.39, 0.29) is 5.82 Å². The van der Waals surface area contributed by atoms with Crippen molar-refractivity contribution >= 4 is 11.8 Å². The summed E-state index contributed by atoms with van der Waals surface area (Å²) in [6.45, 7) is 7.98. The van der Waals surface area contributed by atoms with Gasteiger partial charge in [0.1, 0.15) is 5.82 Å². The Hall–Kier alpha value is -0.800. The van der Waals surface area contributed by atoms with Crippen LogP contribution in [0.2, 0.25) is 0 Å². The van der Waals surface area contributed by atoms with Gasteiger partial charge < -0.3 is 5.32 Å². The number of hydrogen-bond acceptors (Lipinski definition) is 2. The van der Waals surface area contributed by atoms with E-state index < -0.39 is 0 Å². The predicted molar refractivity (Wildman–Crippen MR) is 69.4 cm³/mol. The van der Waals surface area contributed by atoms with Gasteiger partial charge in [-0.3, -0.25) is 0 Å². The Kier molecular flexibility index (Phi) is 6.19. The molecule has 0 heterocycles. The third kappa shape index (κ3) is 5.33. The molecular formula is C13H18FNS. The average molecular weight is 239 g/mol. The molecule has 0 unspecified atom stereocenters. The number of halogens is 1. The maximum Gasteiger partial charge on any atom is 0.124 e. The summed E-state index contributed by atoms with van der Waals surface area (Å²) in [7, 11) is 0. The fraction of sp³-hybridized carbons (Fsp3) is 0.385. The Balaban J connectivity index is 2.26. The molecule has 0 aliphatic rings. The summed E-state index contributed by atoms with van der Waals surface area (Å²) in [5.74, 6) is 0.653. The monoisotopic (exact) mass is 239 g/mol. The van der Waals surface area contributed by atoms with Gasteiger partial charge in [0.2, 0.25) is 0 Å². The van der Waals surface area contributed by atoms with Gasteiger partial charge in [0.25, 0.3) is 0 Å². The lowest BCUT2D eigenvalue weighted by atomic mass is 10.3. The van der Waals surface area contributed by atoms with Crippen molar-refractivity contribution in [3.05, 3.63) is 42.2 Å². The summed E-state index contributed by atoms with van der Waals surface area (Å²) < 4.78 is 12.9. The zero-order valence-corrected chi connectivity index (χ0v) is 10.4. The predicted octanol–water partition coefficient (Wildman–Crippen LogP) is 3.47. The Morgan fingerprint density at radius 3 is 3.00 bits per heavy atom. The van der Waals surface area contributed by atoms with Crippen LogP contribution in [0.15, 0.2) is 41.3 Å². The van der Waals surface area contributed by atoms with Crippen LogP contribution in [0.4, 0.5) is 4.39 Å². The van der Waals surface area contributed by atoms with Crippen molar-refractivity contribution in [3.63, 3.8) is 0 Å². The van der Waals surface area contributed by atoms with E-state index >= 15 is 0 Å². The Bertz CT molecular complexity index is 338. The topological polar surface area (TPSA) is 12.0 Å². The first-order valence-corrected chi connectivity index (χ1v) is 6.46. The molecule has 0 bridgehead atoms. The molecule has 0 saturated carbocycles. The minimum absolute atomic E-state index is 0.181. The van der Waals surface area contributed by atoms with Gasteiger partial charge >= 0.3 is 0 Å². The number of rotatable bonds is 7. The quantitative estimate of drug-likeness (QED) is 0.444. The first-order valence-electron chi connectivity index (χ1n) is 5.48. The third-order valence-electron chi connectivity index (χ3n) is 2.04. The molecule has 88 valence electrons. The molecule has 3 heteroatoms. The first kappa shape index (κ1) is 13.3. The fourth-order valence-electron chi connectivity index (χ4n) is 1.24. The van der Waals surface area contributed by atoms with Crippen molar-refractivity contribution in [2.45, 2.75) is 18.2 Å². The van der Waals surface area contributed by atoms with Gasteiger partial charge in [-0.05, 0) is 31.2 Å². The zero-order valence-electron chi connectivity index (χ0n) is 9.63. The highest BCUT2D eigenvalue weighted by Crippen LogP contribution is 2.20. The molecule has 0 aliphatic carbocycles. The Morgan fingerprint density at radius 1 is 1.50 bits per heavy atom. The van der Waals surface area contributed by atoms with Gasteiger partial charge in [-0.2, -0.15) is 0 Å². The highest BCUT2D eigenvalue weighted by atomic mass is 32.2. The van der Waals surface area contributed by atoms with Crippen molar-refractivity contribution in [2.24, 2.45) is 0 Å². The van der Waals surface area contributed by atoms with E-state index in [9.17, 15) is 4.39 Å². The lowest BCUT2D eigenvalue weighted by Gasteiger charge is -2.06. The molecule has 1 nitrogen and oxygen atoms in total. The van der Waals surface area contributed by atoms with E-state index in [1.807, 2.05) is 6.07 Å². The standard InChI is InChI=1S/C13H18FNS/c1-3-7-15-9-11(2)10-16-13-6-4-5-12(14)8-13/h4-6,8,15H,2-3,7,9-10H2,1H3. The molecule has 0 radical (unpaired) electrons. The van der Waals surface area contributed by atoms with E-state index in [0.717, 1.165) is 35.7 Å². The van der Waals surface area contributed by atoms with Crippen LogP contribution in [0.1, 0.15) is 13.3 Å². The van der Waals surface area contributed by atoms with Crippen LogP contribution in [0.3, 0.4) is 0 Å². The largest absolute Gasteiger partial charge is 0.313 e. The number of benzene rings is 1. The average Bonchev–Trinajstić information content (AvgIpc) is 2.27. The minimum Gasteiger partial charge on any atom is -0.313 e. The van der Waals surface area contributed by atoms with Gasteiger partial charge in [0, 0.05) is 17.2 Å². The SMILES string of the molecule is C=C(CNCCC)CSc1cccc(F)c1. The highest BCUT2D eigenvalue weighted by molar-refractivity contribution is 7.99. The zero-order chi connectivity index (χ0) is 11.8. The lowest BCUT2D eigenvalue weighted by molar-refractivity contribution is 0.624. The maximum absolute atomic E-state index is 12.9. The second-order valence-electron chi connectivity index (χ2n) is 3.67. The summed E-state index contributed by atoms with van der Waals surface area (Å²) in [4.78, 5) is 0.955. The molecule has 1 aromatic carbocycles. The van der Waals surface area contributed by atoms with Crippen LogP contribution in [-0.2, 0) is 0 Å². The summed E-state index contributed by atoms with van der Waals surface area (Å²) in [6, 6.07) is 6.66. The second-order valence-corrected chi connectivity index (χ2v) is 4.72. The van der Waals surface area contributed by atoms with E-state index in [1.54, 1.807) is 23.9 Å². The molecular weight excluding hydrogens is 221 g/mol. The summed E-state index contributed by atoms with van der Waals surface area (Å²) in [6.07, 6.45) is 1.13. The van der Waals surface area contributed by atoms with E-state index in [1.165, 1.54) is 6.07 Å². The van der Waals surface area contributed by atoms with Crippen LogP contribution in [0.25, 0.3) is 0 Å². The fourth-order valence-corrected chi connectivity index (χ4v) is 2.08. The van der Waals surface area contributed by atoms with Crippen molar-refractivity contribution < 1.29 is 4.39 Å². The van der Waals surface area contributed by atoms with Crippen LogP contribution < -0.4 is 5.32 Å². The van der Waals surface area contributed by atoms with Gasteiger partial charge in [-0.15, -0.1) is 11.8 Å². The van der Waals surface area contributed by atoms with E-state index in [4.69, 9.17) is 0 Å². The molecule has 1 rings (SSSR count). The summed E-state index contributed by atoms with van der Waals surface area (Å²) in [5, 5.41) is 3.30. The molecule has 0 aromatic heterocycles. The lowest BCUT2D eigenvalue weighted by Crippen LogP contribution is -2.18. The van der Waals surface area contributed by atoms with Crippen LogP contribution in [0.5, 0.6) is 0 Å². The molecule has 0 aliphatic heterocycles. The molecule has 0 spiro atoms. The van der Waals surface area contributed by atoms with E-state index in [0.29, 0.717) is 0 Å². The van der Waals surface area contributed by atoms with Gasteiger partial charge in [0.05, 0.1) is 0 Å². The molecule has 16 heavy (non-hydrogen) atoms. The summed E-state index contributed by atoms with van der Waals surface area (Å²) >= 11 is 1.62. The minimum atomic E-state index is -0.181. The van der Waals surface area contributed by atoms with E-state index in [2.05, 4.69) is 18.8 Å². The summed E-state index contributed by atoms with van der Waals surface area (Å²) in [5.41, 5.74) is 1.14. The van der Waals surface area contributed by atoms with Crippen LogP contribution >= 0.6 is 11.8 Å². The molecule has 1 aromatic rings. The Labute approximate surface area is 101 Å². The first-order chi connectivity index (χ1) is 7.72. The van der Waals surface area contributed by atoms with Crippen molar-refractivity contribution in [1.82, 2.24) is 5.32 Å². The Morgan fingerprint density at radius 2 is 2.31 bits per heavy atom. The van der Waals surface area contributed by atoms with Crippen LogP contribution in [-0.4, -0.2) is 18.8 Å². The maximum atomic E-state index is 12.9. The van der Waals surface area contributed by atoms with Crippen molar-refractivity contribution in [3.8, 4) is 0 Å². The second kappa shape index (κ2) is 7.47. The number of thioether (sulfide) groups is 1. The molecule has 0 saturated heterocycles. The number of nitrogens with one attached hydrogen (secondary N) is 1. The molecule has 0 fully saturated rings. The molecule has 1 N–H and O–H groups in total. The van der Waals surface area contributed by atoms with Crippen molar-refractivity contribution in [2.75, 3.05) is 18.8 Å². The third-order valence-corrected chi connectivity index (χ3v) is 3.18. The smallest absolute Gasteiger partial charge is 0.124 e. The van der Waals surface area contributed by atoms with Gasteiger partial charge in [-0.25, -0.2) is 4.39 Å². The van der Waals surface area contributed by atoms with Crippen LogP contribution in [0, 0.1) is 5.82 Å². The number of hydrogen-bond donors (Lipinski definition) is 1. The van der Waals surface area contributed by atoms with Gasteiger partial charge in [0.15, 0.2) is 0 Å². The van der Waals surface area contributed by atoms with Crippen molar-refractivity contribution in [1.29, 1.82) is 0 Å². The van der Waals surface area contributed by atoms with Gasteiger partial charge in [-0.1, -0.05) is 25.1 Å². The highest BCUT2D eigenvalue weighted by Gasteiger charge is 1.98. The molecule has 0 atom stereocenters.